The van der Waals surface area contributed by atoms with Gasteiger partial charge in [-0.05, 0) is 58.0 Å². The van der Waals surface area contributed by atoms with E-state index in [0.29, 0.717) is 0 Å². The molecule has 0 saturated heterocycles. The van der Waals surface area contributed by atoms with Crippen molar-refractivity contribution in [3.8, 4) is 22.3 Å². The highest BCUT2D eigenvalue weighted by Gasteiger charge is 2.38. The van der Waals surface area contributed by atoms with Gasteiger partial charge in [-0.25, -0.2) is 0 Å². The zero-order valence-corrected chi connectivity index (χ0v) is 19.3. The Balaban J connectivity index is 1.65. The molecule has 0 heterocycles. The largest absolute Gasteiger partial charge is 0.0654 e. The Morgan fingerprint density at radius 1 is 0.690 bits per heavy atom. The van der Waals surface area contributed by atoms with Gasteiger partial charge in [-0.15, -0.1) is 0 Å². The van der Waals surface area contributed by atoms with Crippen LogP contribution in [0.4, 0.5) is 0 Å². The van der Waals surface area contributed by atoms with Gasteiger partial charge in [0.05, 0.1) is 0 Å². The second kappa shape index (κ2) is 8.88. The first-order valence-electron chi connectivity index (χ1n) is 11.1. The lowest BCUT2D eigenvalue weighted by molar-refractivity contribution is 0.481. The van der Waals surface area contributed by atoms with Gasteiger partial charge in [0.15, 0.2) is 0 Å². The Morgan fingerprint density at radius 2 is 1.34 bits per heavy atom. The van der Waals surface area contributed by atoms with Crippen LogP contribution in [0.1, 0.15) is 69.9 Å². The molecule has 0 spiro atoms. The van der Waals surface area contributed by atoms with Gasteiger partial charge in [-0.1, -0.05) is 117 Å². The molecule has 150 valence electrons. The van der Waals surface area contributed by atoms with E-state index in [1.54, 1.807) is 0 Å². The van der Waals surface area contributed by atoms with E-state index in [4.69, 9.17) is 0 Å². The van der Waals surface area contributed by atoms with E-state index in [-0.39, 0.29) is 5.41 Å². The van der Waals surface area contributed by atoms with Crippen molar-refractivity contribution in [1.82, 2.24) is 0 Å². The van der Waals surface area contributed by atoms with Crippen molar-refractivity contribution in [1.29, 1.82) is 0 Å². The molecule has 0 amide bonds. The van der Waals surface area contributed by atoms with Crippen molar-refractivity contribution < 1.29 is 0 Å². The number of hydrogen-bond acceptors (Lipinski definition) is 0. The van der Waals surface area contributed by atoms with E-state index in [1.165, 1.54) is 78.3 Å². The van der Waals surface area contributed by atoms with Crippen LogP contribution in [0.25, 0.3) is 22.3 Å². The number of rotatable bonds is 8. The first kappa shape index (κ1) is 20.4. The summed E-state index contributed by atoms with van der Waals surface area (Å²) in [5.41, 5.74) is 8.59. The lowest BCUT2D eigenvalue weighted by Crippen LogP contribution is -2.20. The maximum absolute atomic E-state index is 3.56. The predicted octanol–water partition coefficient (Wildman–Crippen LogP) is 9.15. The van der Waals surface area contributed by atoms with Crippen LogP contribution in [0, 0.1) is 0 Å². The van der Waals surface area contributed by atoms with Crippen LogP contribution in [0.3, 0.4) is 0 Å². The third kappa shape index (κ3) is 4.08. The normalized spacial score (nSPS) is 17.2. The Labute approximate surface area is 184 Å². The smallest absolute Gasteiger partial charge is 0.0187 e. The fraction of sp³-hybridized carbons (Fsp3) is 0.357. The molecule has 0 N–H and O–H groups in total. The molecule has 0 saturated carbocycles. The van der Waals surface area contributed by atoms with E-state index in [0.717, 1.165) is 4.47 Å². The summed E-state index contributed by atoms with van der Waals surface area (Å²) in [6, 6.07) is 24.8. The van der Waals surface area contributed by atoms with Crippen LogP contribution in [-0.4, -0.2) is 0 Å². The molecule has 1 heteroatoms. The van der Waals surface area contributed by atoms with Gasteiger partial charge in [0.25, 0.3) is 0 Å². The average molecular weight is 447 g/mol. The number of fused-ring (bicyclic) bond motifs is 3. The third-order valence-electron chi connectivity index (χ3n) is 6.63. The van der Waals surface area contributed by atoms with E-state index in [2.05, 4.69) is 96.5 Å². The van der Waals surface area contributed by atoms with Crippen molar-refractivity contribution in [3.63, 3.8) is 0 Å². The maximum Gasteiger partial charge on any atom is 0.0187 e. The summed E-state index contributed by atoms with van der Waals surface area (Å²) >= 11 is 3.56. The molecule has 1 unspecified atom stereocenters. The second-order valence-corrected chi connectivity index (χ2v) is 9.58. The van der Waals surface area contributed by atoms with Gasteiger partial charge in [0.2, 0.25) is 0 Å². The molecule has 0 bridgehead atoms. The van der Waals surface area contributed by atoms with E-state index in [9.17, 15) is 0 Å². The zero-order chi connectivity index (χ0) is 20.3. The first-order chi connectivity index (χ1) is 14.1. The van der Waals surface area contributed by atoms with E-state index < -0.39 is 0 Å². The van der Waals surface area contributed by atoms with Crippen LogP contribution in [-0.2, 0) is 5.41 Å². The van der Waals surface area contributed by atoms with Gasteiger partial charge in [-0.3, -0.25) is 0 Å². The van der Waals surface area contributed by atoms with Gasteiger partial charge in [0, 0.05) is 9.89 Å². The molecule has 1 aliphatic carbocycles. The molecule has 3 aromatic rings. The molecule has 0 fully saturated rings. The van der Waals surface area contributed by atoms with Gasteiger partial charge in [-0.2, -0.15) is 0 Å². The van der Waals surface area contributed by atoms with Gasteiger partial charge in [0.1, 0.15) is 0 Å². The molecule has 0 aromatic heterocycles. The average Bonchev–Trinajstić information content (AvgIpc) is 3.00. The van der Waals surface area contributed by atoms with Crippen molar-refractivity contribution in [2.45, 2.75) is 64.2 Å². The molecule has 3 aromatic carbocycles. The molecule has 1 atom stereocenters. The summed E-state index contributed by atoms with van der Waals surface area (Å²) in [5.74, 6) is 0. The summed E-state index contributed by atoms with van der Waals surface area (Å²) in [6.07, 6.45) is 9.32. The Kier molecular flexibility index (Phi) is 6.25. The summed E-state index contributed by atoms with van der Waals surface area (Å²) in [5, 5.41) is 0. The Bertz CT molecular complexity index is 970. The van der Waals surface area contributed by atoms with Crippen molar-refractivity contribution in [3.05, 3.63) is 82.3 Å². The number of benzene rings is 3. The zero-order valence-electron chi connectivity index (χ0n) is 17.7. The molecular weight excluding hydrogens is 416 g/mol. The Morgan fingerprint density at radius 3 is 2.14 bits per heavy atom. The Hall–Kier alpha value is -1.86. The predicted molar refractivity (Wildman–Crippen MR) is 129 cm³/mol. The molecule has 0 aliphatic heterocycles. The van der Waals surface area contributed by atoms with Crippen LogP contribution in [0.5, 0.6) is 0 Å². The molecule has 4 rings (SSSR count). The molecular formula is C28H31Br. The summed E-state index contributed by atoms with van der Waals surface area (Å²) in [6.45, 7) is 4.76. The van der Waals surface area contributed by atoms with Gasteiger partial charge < -0.3 is 0 Å². The minimum absolute atomic E-state index is 0.113. The standard InChI is InChI=1S/C28H31Br/c1-3-4-5-6-7-10-19-28(2)26-12-9-8-11-24(26)25-18-15-22(20-27(25)28)21-13-16-23(29)17-14-21/h8-9,11-18,20H,3-7,10,19H2,1-2H3. The summed E-state index contributed by atoms with van der Waals surface area (Å²) < 4.78 is 1.13. The second-order valence-electron chi connectivity index (χ2n) is 8.66. The lowest BCUT2D eigenvalue weighted by Gasteiger charge is -2.28. The SMILES string of the molecule is CCCCCCCCC1(C)c2ccccc2-c2ccc(-c3ccc(Br)cc3)cc21. The fourth-order valence-electron chi connectivity index (χ4n) is 4.93. The molecule has 29 heavy (non-hydrogen) atoms. The van der Waals surface area contributed by atoms with E-state index >= 15 is 0 Å². The fourth-order valence-corrected chi connectivity index (χ4v) is 5.19. The molecule has 1 aliphatic rings. The minimum Gasteiger partial charge on any atom is -0.0654 e. The van der Waals surface area contributed by atoms with Crippen molar-refractivity contribution in [2.75, 3.05) is 0 Å². The van der Waals surface area contributed by atoms with Crippen molar-refractivity contribution >= 4 is 15.9 Å². The van der Waals surface area contributed by atoms with Gasteiger partial charge >= 0.3 is 0 Å². The summed E-state index contributed by atoms with van der Waals surface area (Å²) in [4.78, 5) is 0. The highest BCUT2D eigenvalue weighted by Crippen LogP contribution is 2.52. The minimum atomic E-state index is 0.113. The molecule has 0 nitrogen and oxygen atoms in total. The van der Waals surface area contributed by atoms with Crippen LogP contribution < -0.4 is 0 Å². The summed E-state index contributed by atoms with van der Waals surface area (Å²) in [7, 11) is 0. The number of unbranched alkanes of at least 4 members (excludes halogenated alkanes) is 5. The molecule has 0 radical (unpaired) electrons. The quantitative estimate of drug-likeness (QED) is 0.302. The highest BCUT2D eigenvalue weighted by molar-refractivity contribution is 9.10. The van der Waals surface area contributed by atoms with Crippen LogP contribution in [0.15, 0.2) is 71.2 Å². The lowest BCUT2D eigenvalue weighted by atomic mass is 9.75. The van der Waals surface area contributed by atoms with E-state index in [1.807, 2.05) is 0 Å². The third-order valence-corrected chi connectivity index (χ3v) is 7.16. The monoisotopic (exact) mass is 446 g/mol. The number of halogens is 1. The van der Waals surface area contributed by atoms with Crippen LogP contribution in [0.2, 0.25) is 0 Å². The maximum atomic E-state index is 3.56. The first-order valence-corrected chi connectivity index (χ1v) is 11.9. The van der Waals surface area contributed by atoms with Crippen LogP contribution >= 0.6 is 15.9 Å². The topological polar surface area (TPSA) is 0 Å². The van der Waals surface area contributed by atoms with Crippen molar-refractivity contribution in [2.24, 2.45) is 0 Å². The highest BCUT2D eigenvalue weighted by atomic mass is 79.9. The number of hydrogen-bond donors (Lipinski definition) is 0.